The molecule has 0 amide bonds. The topological polar surface area (TPSA) is 48.2 Å². The number of aromatic nitrogens is 2. The zero-order chi connectivity index (χ0) is 12.4. The van der Waals surface area contributed by atoms with E-state index >= 15 is 0 Å². The lowest BCUT2D eigenvalue weighted by molar-refractivity contribution is -0.0288. The van der Waals surface area contributed by atoms with Crippen molar-refractivity contribution in [3.8, 4) is 0 Å². The van der Waals surface area contributed by atoms with Gasteiger partial charge in [0.2, 0.25) is 0 Å². The van der Waals surface area contributed by atoms with E-state index in [2.05, 4.69) is 10.1 Å². The summed E-state index contributed by atoms with van der Waals surface area (Å²) in [7, 11) is 0. The monoisotopic (exact) mass is 268 g/mol. The maximum Gasteiger partial charge on any atom is 0.264 e. The minimum atomic E-state index is -1.51. The highest BCUT2D eigenvalue weighted by atomic mass is 32.1. The lowest BCUT2D eigenvalue weighted by atomic mass is 9.96. The number of hydrogen-bond donors (Lipinski definition) is 0. The van der Waals surface area contributed by atoms with Gasteiger partial charge in [-0.2, -0.15) is 4.98 Å². The number of thiophene rings is 1. The van der Waals surface area contributed by atoms with Gasteiger partial charge in [-0.25, -0.2) is 4.39 Å². The van der Waals surface area contributed by atoms with Crippen LogP contribution in [0.1, 0.15) is 29.4 Å². The highest BCUT2D eigenvalue weighted by Crippen LogP contribution is 2.35. The molecule has 2 aromatic heterocycles. The molecule has 18 heavy (non-hydrogen) atoms. The van der Waals surface area contributed by atoms with Crippen LogP contribution in [0.15, 0.2) is 22.0 Å². The molecule has 0 aromatic carbocycles. The lowest BCUT2D eigenvalue weighted by Gasteiger charge is -2.25. The zero-order valence-corrected chi connectivity index (χ0v) is 10.6. The van der Waals surface area contributed by atoms with Gasteiger partial charge in [0.25, 0.3) is 5.89 Å². The highest BCUT2D eigenvalue weighted by molar-refractivity contribution is 7.09. The first-order valence-corrected chi connectivity index (χ1v) is 6.76. The molecule has 1 fully saturated rings. The summed E-state index contributed by atoms with van der Waals surface area (Å²) >= 11 is 1.63. The van der Waals surface area contributed by atoms with Gasteiger partial charge in [-0.3, -0.25) is 0 Å². The molecule has 4 nitrogen and oxygen atoms in total. The minimum absolute atomic E-state index is 0.0948. The van der Waals surface area contributed by atoms with Crippen molar-refractivity contribution in [3.63, 3.8) is 0 Å². The Bertz CT molecular complexity index is 506. The molecular formula is C12H13FN2O2S. The average molecular weight is 268 g/mol. The molecule has 96 valence electrons. The van der Waals surface area contributed by atoms with E-state index in [1.807, 2.05) is 17.5 Å². The second-order valence-electron chi connectivity index (χ2n) is 4.35. The van der Waals surface area contributed by atoms with Crippen molar-refractivity contribution in [1.82, 2.24) is 10.1 Å². The first-order chi connectivity index (χ1) is 8.76. The molecule has 0 saturated carbocycles. The van der Waals surface area contributed by atoms with Gasteiger partial charge in [-0.05, 0) is 11.4 Å². The van der Waals surface area contributed by atoms with Crippen molar-refractivity contribution >= 4 is 11.3 Å². The van der Waals surface area contributed by atoms with Gasteiger partial charge in [0.05, 0.1) is 13.2 Å². The zero-order valence-electron chi connectivity index (χ0n) is 9.76. The van der Waals surface area contributed by atoms with Crippen LogP contribution in [0, 0.1) is 0 Å². The van der Waals surface area contributed by atoms with Gasteiger partial charge in [0, 0.05) is 24.1 Å². The van der Waals surface area contributed by atoms with Crippen LogP contribution in [0.5, 0.6) is 0 Å². The van der Waals surface area contributed by atoms with Crippen LogP contribution in [0.4, 0.5) is 4.39 Å². The third-order valence-electron chi connectivity index (χ3n) is 3.05. The van der Waals surface area contributed by atoms with E-state index < -0.39 is 5.67 Å². The van der Waals surface area contributed by atoms with Gasteiger partial charge >= 0.3 is 0 Å². The Morgan fingerprint density at radius 2 is 2.22 bits per heavy atom. The Kier molecular flexibility index (Phi) is 3.13. The predicted molar refractivity (Wildman–Crippen MR) is 64.3 cm³/mol. The molecule has 6 heteroatoms. The fraction of sp³-hybridized carbons (Fsp3) is 0.500. The molecule has 0 unspecified atom stereocenters. The van der Waals surface area contributed by atoms with Crippen molar-refractivity contribution in [2.24, 2.45) is 0 Å². The number of hydrogen-bond acceptors (Lipinski definition) is 5. The van der Waals surface area contributed by atoms with Crippen LogP contribution < -0.4 is 0 Å². The molecule has 3 rings (SSSR count). The van der Waals surface area contributed by atoms with E-state index in [9.17, 15) is 4.39 Å². The molecule has 0 bridgehead atoms. The second-order valence-corrected chi connectivity index (χ2v) is 5.38. The first kappa shape index (κ1) is 11.8. The summed E-state index contributed by atoms with van der Waals surface area (Å²) in [6, 6.07) is 3.97. The highest BCUT2D eigenvalue weighted by Gasteiger charge is 2.40. The molecule has 3 heterocycles. The van der Waals surface area contributed by atoms with Crippen LogP contribution in [-0.4, -0.2) is 23.4 Å². The molecule has 0 aliphatic carbocycles. The summed E-state index contributed by atoms with van der Waals surface area (Å²) in [5.41, 5.74) is -1.51. The second kappa shape index (κ2) is 4.78. The Morgan fingerprint density at radius 3 is 2.94 bits per heavy atom. The van der Waals surface area contributed by atoms with Crippen LogP contribution in [0.25, 0.3) is 0 Å². The van der Waals surface area contributed by atoms with Crippen molar-refractivity contribution in [2.75, 3.05) is 13.2 Å². The van der Waals surface area contributed by atoms with E-state index in [0.29, 0.717) is 25.5 Å². The van der Waals surface area contributed by atoms with Gasteiger partial charge in [-0.15, -0.1) is 11.3 Å². The van der Waals surface area contributed by atoms with Gasteiger partial charge < -0.3 is 9.26 Å². The smallest absolute Gasteiger partial charge is 0.264 e. The molecule has 0 N–H and O–H groups in total. The van der Waals surface area contributed by atoms with Gasteiger partial charge in [-0.1, -0.05) is 11.2 Å². The van der Waals surface area contributed by atoms with Crippen molar-refractivity contribution < 1.29 is 13.7 Å². The van der Waals surface area contributed by atoms with E-state index in [1.165, 1.54) is 0 Å². The summed E-state index contributed by atoms with van der Waals surface area (Å²) in [6.45, 7) is 0.804. The van der Waals surface area contributed by atoms with Crippen LogP contribution in [-0.2, 0) is 16.8 Å². The Balaban J connectivity index is 1.76. The molecule has 2 aromatic rings. The van der Waals surface area contributed by atoms with E-state index in [4.69, 9.17) is 9.26 Å². The van der Waals surface area contributed by atoms with Gasteiger partial charge in [0.1, 0.15) is 0 Å². The quantitative estimate of drug-likeness (QED) is 0.858. The molecular weight excluding hydrogens is 255 g/mol. The Labute approximate surface area is 108 Å². The Morgan fingerprint density at radius 1 is 1.39 bits per heavy atom. The maximum absolute atomic E-state index is 14.5. The third-order valence-corrected chi connectivity index (χ3v) is 3.93. The largest absolute Gasteiger partial charge is 0.381 e. The molecule has 0 atom stereocenters. The number of rotatable bonds is 3. The Hall–Kier alpha value is -1.27. The standard InChI is InChI=1S/C12H13FN2O2S/c13-12(3-5-16-6-4-12)11-14-10(15-17-11)8-9-2-1-7-18-9/h1-2,7H,3-6,8H2. The minimum Gasteiger partial charge on any atom is -0.381 e. The third kappa shape index (κ3) is 2.30. The van der Waals surface area contributed by atoms with Crippen molar-refractivity contribution in [2.45, 2.75) is 24.9 Å². The lowest BCUT2D eigenvalue weighted by Crippen LogP contribution is -2.29. The van der Waals surface area contributed by atoms with Gasteiger partial charge in [0.15, 0.2) is 11.5 Å². The van der Waals surface area contributed by atoms with Crippen molar-refractivity contribution in [1.29, 1.82) is 0 Å². The summed E-state index contributed by atoms with van der Waals surface area (Å²) in [6.07, 6.45) is 1.16. The fourth-order valence-corrected chi connectivity index (χ4v) is 2.69. The SMILES string of the molecule is FC1(c2nc(Cc3cccs3)no2)CCOCC1. The van der Waals surface area contributed by atoms with Crippen LogP contribution in [0.3, 0.4) is 0 Å². The van der Waals surface area contributed by atoms with Crippen LogP contribution in [0.2, 0.25) is 0 Å². The van der Waals surface area contributed by atoms with E-state index in [-0.39, 0.29) is 18.7 Å². The van der Waals surface area contributed by atoms with Crippen LogP contribution >= 0.6 is 11.3 Å². The normalized spacial score (nSPS) is 18.9. The molecule has 0 spiro atoms. The molecule has 0 radical (unpaired) electrons. The number of alkyl halides is 1. The predicted octanol–water partition coefficient (Wildman–Crippen LogP) is 2.70. The molecule has 1 saturated heterocycles. The fourth-order valence-electron chi connectivity index (χ4n) is 1.99. The summed E-state index contributed by atoms with van der Waals surface area (Å²) in [4.78, 5) is 5.32. The van der Waals surface area contributed by atoms with Crippen molar-refractivity contribution in [3.05, 3.63) is 34.1 Å². The van der Waals surface area contributed by atoms with E-state index in [1.54, 1.807) is 11.3 Å². The van der Waals surface area contributed by atoms with E-state index in [0.717, 1.165) is 4.88 Å². The number of ether oxygens (including phenoxy) is 1. The summed E-state index contributed by atoms with van der Waals surface area (Å²) in [5, 5.41) is 5.84. The molecule has 1 aliphatic heterocycles. The number of halogens is 1. The first-order valence-electron chi connectivity index (χ1n) is 5.88. The summed E-state index contributed by atoms with van der Waals surface area (Å²) in [5.74, 6) is 0.633. The average Bonchev–Trinajstić information content (AvgIpc) is 3.02. The molecule has 1 aliphatic rings. The number of nitrogens with zero attached hydrogens (tertiary/aromatic N) is 2. The summed E-state index contributed by atoms with van der Waals surface area (Å²) < 4.78 is 24.7. The maximum atomic E-state index is 14.5.